The Labute approximate surface area is 137 Å². The lowest BCUT2D eigenvalue weighted by molar-refractivity contribution is 0.260. The second kappa shape index (κ2) is 7.97. The number of hydrogen-bond donors (Lipinski definition) is 2. The van der Waals surface area contributed by atoms with E-state index in [-0.39, 0.29) is 6.04 Å². The van der Waals surface area contributed by atoms with Crippen LogP contribution in [0.2, 0.25) is 0 Å². The number of hydrogen-bond acceptors (Lipinski definition) is 5. The zero-order valence-electron chi connectivity index (χ0n) is 12.4. The molecule has 0 radical (unpaired) electrons. The van der Waals surface area contributed by atoms with Crippen LogP contribution in [0.1, 0.15) is 25.7 Å². The van der Waals surface area contributed by atoms with E-state index in [1.165, 1.54) is 0 Å². The second-order valence-corrected chi connectivity index (χ2v) is 7.76. The molecule has 0 aromatic heterocycles. The van der Waals surface area contributed by atoms with Gasteiger partial charge in [0, 0.05) is 23.9 Å². The molecule has 1 aromatic rings. The molecule has 2 rings (SSSR count). The normalized spacial score (nSPS) is 16.6. The first-order valence-corrected chi connectivity index (χ1v) is 9.33. The van der Waals surface area contributed by atoms with Crippen molar-refractivity contribution in [3.63, 3.8) is 0 Å². The van der Waals surface area contributed by atoms with Crippen LogP contribution in [0.5, 0.6) is 0 Å². The molecule has 0 aliphatic carbocycles. The average Bonchev–Trinajstić information content (AvgIpc) is 2.52. The molecule has 1 aromatic carbocycles. The largest absolute Gasteiger partial charge is 0.317 e. The molecule has 1 saturated heterocycles. The van der Waals surface area contributed by atoms with Crippen molar-refractivity contribution >= 4 is 22.7 Å². The van der Waals surface area contributed by atoms with E-state index in [4.69, 9.17) is 5.26 Å². The van der Waals surface area contributed by atoms with Crippen LogP contribution in [0, 0.1) is 11.3 Å². The van der Waals surface area contributed by atoms with E-state index < -0.39 is 10.0 Å². The summed E-state index contributed by atoms with van der Waals surface area (Å²) in [4.78, 5) is 1.03. The van der Waals surface area contributed by atoms with Gasteiger partial charge in [-0.1, -0.05) is 0 Å². The molecule has 1 aliphatic heterocycles. The van der Waals surface area contributed by atoms with E-state index in [0.717, 1.165) is 30.8 Å². The van der Waals surface area contributed by atoms with Gasteiger partial charge in [0.2, 0.25) is 10.0 Å². The van der Waals surface area contributed by atoms with E-state index in [1.54, 1.807) is 28.6 Å². The van der Waals surface area contributed by atoms with E-state index in [1.807, 2.05) is 0 Å². The maximum Gasteiger partial charge on any atom is 0.243 e. The van der Waals surface area contributed by atoms with Crippen LogP contribution in [0.15, 0.2) is 34.1 Å². The second-order valence-electron chi connectivity index (χ2n) is 5.35. The summed E-state index contributed by atoms with van der Waals surface area (Å²) in [6.45, 7) is 2.04. The molecular weight excluding hydrogens is 318 g/mol. The maximum absolute atomic E-state index is 12.9. The SMILES string of the molecule is N#CCCCN(C1CCNCC1)S(=O)(=O)c1ccc(S)cc1. The number of benzene rings is 1. The van der Waals surface area contributed by atoms with E-state index in [2.05, 4.69) is 24.0 Å². The van der Waals surface area contributed by atoms with Gasteiger partial charge in [-0.15, -0.1) is 12.6 Å². The molecule has 0 bridgehead atoms. The van der Waals surface area contributed by atoms with Crippen molar-refractivity contribution in [3.8, 4) is 6.07 Å². The van der Waals surface area contributed by atoms with Crippen molar-refractivity contribution in [2.24, 2.45) is 0 Å². The van der Waals surface area contributed by atoms with Gasteiger partial charge in [-0.3, -0.25) is 0 Å². The molecule has 5 nitrogen and oxygen atoms in total. The van der Waals surface area contributed by atoms with Crippen molar-refractivity contribution in [1.82, 2.24) is 9.62 Å². The molecule has 1 N–H and O–H groups in total. The molecule has 0 amide bonds. The molecular formula is C15H21N3O2S2. The van der Waals surface area contributed by atoms with Crippen LogP contribution in [0.4, 0.5) is 0 Å². The highest BCUT2D eigenvalue weighted by atomic mass is 32.2. The van der Waals surface area contributed by atoms with Gasteiger partial charge in [-0.05, 0) is 56.6 Å². The van der Waals surface area contributed by atoms with Crippen LogP contribution in [-0.4, -0.2) is 38.4 Å². The van der Waals surface area contributed by atoms with Crippen molar-refractivity contribution in [2.75, 3.05) is 19.6 Å². The quantitative estimate of drug-likeness (QED) is 0.614. The molecule has 1 aliphatic rings. The third kappa shape index (κ3) is 4.23. The highest BCUT2D eigenvalue weighted by Crippen LogP contribution is 2.24. The molecule has 0 unspecified atom stereocenters. The molecule has 22 heavy (non-hydrogen) atoms. The standard InChI is InChI=1S/C15H21N3O2S2/c16-9-1-2-12-18(13-7-10-17-11-8-13)22(19,20)15-5-3-14(21)4-6-15/h3-6,13,17,21H,1-2,7-8,10-12H2. The summed E-state index contributed by atoms with van der Waals surface area (Å²) in [7, 11) is -3.54. The lowest BCUT2D eigenvalue weighted by atomic mass is 10.1. The van der Waals surface area contributed by atoms with Crippen molar-refractivity contribution in [1.29, 1.82) is 5.26 Å². The van der Waals surface area contributed by atoms with Gasteiger partial charge in [-0.2, -0.15) is 9.57 Å². The van der Waals surface area contributed by atoms with Crippen LogP contribution in [-0.2, 0) is 10.0 Å². The lowest BCUT2D eigenvalue weighted by Gasteiger charge is -2.33. The number of piperidine rings is 1. The average molecular weight is 339 g/mol. The van der Waals surface area contributed by atoms with Crippen molar-refractivity contribution < 1.29 is 8.42 Å². The fourth-order valence-corrected chi connectivity index (χ4v) is 4.53. The number of unbranched alkanes of at least 4 members (excludes halogenated alkanes) is 1. The van der Waals surface area contributed by atoms with Crippen LogP contribution in [0.3, 0.4) is 0 Å². The highest BCUT2D eigenvalue weighted by Gasteiger charge is 2.31. The van der Waals surface area contributed by atoms with Crippen molar-refractivity contribution in [3.05, 3.63) is 24.3 Å². The first-order chi connectivity index (χ1) is 10.6. The molecule has 1 heterocycles. The Kier molecular flexibility index (Phi) is 6.26. The van der Waals surface area contributed by atoms with Gasteiger partial charge in [0.1, 0.15) is 0 Å². The van der Waals surface area contributed by atoms with Crippen molar-refractivity contribution in [2.45, 2.75) is 41.5 Å². The summed E-state index contributed by atoms with van der Waals surface area (Å²) in [5, 5.41) is 12.0. The number of rotatable bonds is 6. The number of sulfonamides is 1. The highest BCUT2D eigenvalue weighted by molar-refractivity contribution is 7.89. The molecule has 0 atom stereocenters. The smallest absolute Gasteiger partial charge is 0.243 e. The van der Waals surface area contributed by atoms with Crippen LogP contribution < -0.4 is 5.32 Å². The van der Waals surface area contributed by atoms with Gasteiger partial charge in [0.05, 0.1) is 11.0 Å². The fraction of sp³-hybridized carbons (Fsp3) is 0.533. The van der Waals surface area contributed by atoms with Gasteiger partial charge < -0.3 is 5.32 Å². The number of nitrogens with one attached hydrogen (secondary N) is 1. The third-order valence-corrected chi connectivity index (χ3v) is 6.09. The Morgan fingerprint density at radius 2 is 1.91 bits per heavy atom. The van der Waals surface area contributed by atoms with E-state index in [0.29, 0.717) is 24.3 Å². The van der Waals surface area contributed by atoms with E-state index in [9.17, 15) is 8.42 Å². The van der Waals surface area contributed by atoms with Gasteiger partial charge in [0.25, 0.3) is 0 Å². The maximum atomic E-state index is 12.9. The Morgan fingerprint density at radius 3 is 2.50 bits per heavy atom. The van der Waals surface area contributed by atoms with Gasteiger partial charge >= 0.3 is 0 Å². The fourth-order valence-electron chi connectivity index (χ4n) is 2.66. The minimum absolute atomic E-state index is 0.000575. The first kappa shape index (κ1) is 17.3. The zero-order chi connectivity index (χ0) is 16.0. The summed E-state index contributed by atoms with van der Waals surface area (Å²) in [6, 6.07) is 8.64. The number of thiol groups is 1. The monoisotopic (exact) mass is 339 g/mol. The molecule has 1 fully saturated rings. The molecule has 7 heteroatoms. The summed E-state index contributed by atoms with van der Waals surface area (Å²) in [5.74, 6) is 0. The van der Waals surface area contributed by atoms with Crippen LogP contribution in [0.25, 0.3) is 0 Å². The van der Waals surface area contributed by atoms with E-state index >= 15 is 0 Å². The topological polar surface area (TPSA) is 73.2 Å². The minimum Gasteiger partial charge on any atom is -0.317 e. The lowest BCUT2D eigenvalue weighted by Crippen LogP contribution is -2.46. The Bertz CT molecular complexity index is 617. The summed E-state index contributed by atoms with van der Waals surface area (Å²) >= 11 is 4.20. The molecule has 0 saturated carbocycles. The predicted octanol–water partition coefficient (Wildman–Crippen LogP) is 2.02. The Morgan fingerprint density at radius 1 is 1.27 bits per heavy atom. The van der Waals surface area contributed by atoms with Gasteiger partial charge in [-0.25, -0.2) is 8.42 Å². The van der Waals surface area contributed by atoms with Gasteiger partial charge in [0.15, 0.2) is 0 Å². The zero-order valence-corrected chi connectivity index (χ0v) is 14.1. The summed E-state index contributed by atoms with van der Waals surface area (Å²) in [5.41, 5.74) is 0. The molecule has 0 spiro atoms. The van der Waals surface area contributed by atoms with Crippen LogP contribution >= 0.6 is 12.6 Å². The predicted molar refractivity (Wildman–Crippen MR) is 88.3 cm³/mol. The number of nitriles is 1. The first-order valence-electron chi connectivity index (χ1n) is 7.44. The number of nitrogens with zero attached hydrogens (tertiary/aromatic N) is 2. The Balaban J connectivity index is 2.25. The summed E-state index contributed by atoms with van der Waals surface area (Å²) < 4.78 is 27.5. The minimum atomic E-state index is -3.54. The Hall–Kier alpha value is -1.07. The molecule has 120 valence electrons. The third-order valence-electron chi connectivity index (χ3n) is 3.83. The summed E-state index contributed by atoms with van der Waals surface area (Å²) in [6.07, 6.45) is 2.53.